The first-order chi connectivity index (χ1) is 13.4. The van der Waals surface area contributed by atoms with Crippen molar-refractivity contribution in [3.05, 3.63) is 59.4 Å². The van der Waals surface area contributed by atoms with E-state index in [0.717, 1.165) is 11.1 Å². The number of carboxylic acid groups (broad SMARTS) is 1. The molecule has 144 valence electrons. The Kier molecular flexibility index (Phi) is 4.51. The molecule has 5 nitrogen and oxygen atoms in total. The summed E-state index contributed by atoms with van der Waals surface area (Å²) < 4.78 is 13.9. The van der Waals surface area contributed by atoms with Crippen molar-refractivity contribution in [2.75, 3.05) is 11.9 Å². The third-order valence-corrected chi connectivity index (χ3v) is 5.43. The van der Waals surface area contributed by atoms with Gasteiger partial charge < -0.3 is 16.2 Å². The fraction of sp³-hybridized carbons (Fsp3) is 0.273. The number of carbonyl (C=O) groups is 1. The Hall–Kier alpha value is -2.99. The van der Waals surface area contributed by atoms with Gasteiger partial charge in [-0.05, 0) is 29.7 Å². The molecule has 1 aromatic heterocycles. The number of hydrogen-bond acceptors (Lipinski definition) is 4. The maximum Gasteiger partial charge on any atom is 0.326 e. The third kappa shape index (κ3) is 2.90. The van der Waals surface area contributed by atoms with Crippen LogP contribution >= 0.6 is 0 Å². The van der Waals surface area contributed by atoms with Gasteiger partial charge in [0.25, 0.3) is 0 Å². The van der Waals surface area contributed by atoms with E-state index in [9.17, 15) is 14.3 Å². The van der Waals surface area contributed by atoms with Crippen LogP contribution in [0.25, 0.3) is 22.2 Å². The van der Waals surface area contributed by atoms with Gasteiger partial charge in [-0.1, -0.05) is 38.1 Å². The highest BCUT2D eigenvalue weighted by atomic mass is 19.1. The van der Waals surface area contributed by atoms with Crippen molar-refractivity contribution in [2.45, 2.75) is 31.7 Å². The number of anilines is 1. The number of halogens is 1. The van der Waals surface area contributed by atoms with Crippen LogP contribution in [0.1, 0.15) is 36.8 Å². The highest BCUT2D eigenvalue weighted by Crippen LogP contribution is 2.45. The second kappa shape index (κ2) is 6.87. The normalized spacial score (nSPS) is 18.3. The Labute approximate surface area is 162 Å². The number of nitrogens with zero attached hydrogens (tertiary/aromatic N) is 1. The Bertz CT molecular complexity index is 1060. The minimum absolute atomic E-state index is 0.149. The van der Waals surface area contributed by atoms with E-state index < -0.39 is 23.7 Å². The number of aromatic nitrogens is 1. The van der Waals surface area contributed by atoms with Crippen molar-refractivity contribution in [1.29, 1.82) is 0 Å². The van der Waals surface area contributed by atoms with E-state index in [1.165, 1.54) is 17.7 Å². The van der Waals surface area contributed by atoms with E-state index in [2.05, 4.69) is 31.3 Å². The van der Waals surface area contributed by atoms with Crippen molar-refractivity contribution in [3.63, 3.8) is 0 Å². The number of nitrogens with one attached hydrogen (secondary N) is 1. The van der Waals surface area contributed by atoms with E-state index >= 15 is 0 Å². The predicted octanol–water partition coefficient (Wildman–Crippen LogP) is 4.09. The number of nitrogens with two attached hydrogens (primary N) is 1. The third-order valence-electron chi connectivity index (χ3n) is 5.43. The molecule has 2 aromatic carbocycles. The van der Waals surface area contributed by atoms with E-state index in [1.807, 2.05) is 12.1 Å². The molecule has 3 aromatic rings. The Morgan fingerprint density at radius 3 is 2.57 bits per heavy atom. The molecular formula is C22H22FN3O2. The van der Waals surface area contributed by atoms with Gasteiger partial charge in [0.2, 0.25) is 0 Å². The summed E-state index contributed by atoms with van der Waals surface area (Å²) in [6.07, 6.45) is 0. The zero-order chi connectivity index (χ0) is 20.0. The van der Waals surface area contributed by atoms with E-state index in [-0.39, 0.29) is 6.54 Å². The molecule has 6 heteroatoms. The van der Waals surface area contributed by atoms with Crippen molar-refractivity contribution < 1.29 is 14.3 Å². The molecule has 4 N–H and O–H groups in total. The Morgan fingerprint density at radius 2 is 1.96 bits per heavy atom. The average molecular weight is 379 g/mol. The van der Waals surface area contributed by atoms with Crippen molar-refractivity contribution in [3.8, 4) is 11.3 Å². The summed E-state index contributed by atoms with van der Waals surface area (Å²) in [6.45, 7) is 4.40. The lowest BCUT2D eigenvalue weighted by Crippen LogP contribution is -2.34. The number of rotatable bonds is 4. The lowest BCUT2D eigenvalue weighted by atomic mass is 9.89. The molecule has 0 spiro atoms. The van der Waals surface area contributed by atoms with Gasteiger partial charge in [-0.25, -0.2) is 14.2 Å². The number of aliphatic carboxylic acids is 1. The second-order valence-corrected chi connectivity index (χ2v) is 7.49. The van der Waals surface area contributed by atoms with Crippen LogP contribution in [0.4, 0.5) is 10.1 Å². The van der Waals surface area contributed by atoms with Crippen LogP contribution in [0.15, 0.2) is 42.5 Å². The van der Waals surface area contributed by atoms with Crippen LogP contribution in [-0.2, 0) is 4.79 Å². The van der Waals surface area contributed by atoms with Crippen LogP contribution in [0, 0.1) is 5.82 Å². The van der Waals surface area contributed by atoms with E-state index in [1.54, 1.807) is 6.07 Å². The molecule has 1 aliphatic rings. The van der Waals surface area contributed by atoms with Crippen LogP contribution in [0.2, 0.25) is 0 Å². The lowest BCUT2D eigenvalue weighted by Gasteiger charge is -2.17. The van der Waals surface area contributed by atoms with E-state index in [4.69, 9.17) is 10.7 Å². The fourth-order valence-corrected chi connectivity index (χ4v) is 3.92. The monoisotopic (exact) mass is 379 g/mol. The first kappa shape index (κ1) is 18.4. The topological polar surface area (TPSA) is 88.2 Å². The zero-order valence-corrected chi connectivity index (χ0v) is 15.7. The Balaban J connectivity index is 1.98. The quantitative estimate of drug-likeness (QED) is 0.636. The lowest BCUT2D eigenvalue weighted by molar-refractivity contribution is -0.138. The van der Waals surface area contributed by atoms with E-state index in [0.29, 0.717) is 28.2 Å². The van der Waals surface area contributed by atoms with Crippen LogP contribution in [-0.4, -0.2) is 28.6 Å². The zero-order valence-electron chi connectivity index (χ0n) is 15.7. The van der Waals surface area contributed by atoms with Crippen molar-refractivity contribution in [2.24, 2.45) is 5.73 Å². The molecular weight excluding hydrogens is 357 g/mol. The number of hydrogen-bond donors (Lipinski definition) is 3. The SMILES string of the molecule is CC(C)c1ccc(-c2nc3ccc(F)cc3c3c2C(CN)C(C(=O)O)N3)cc1. The van der Waals surface area contributed by atoms with Crippen molar-refractivity contribution >= 4 is 22.6 Å². The molecule has 0 bridgehead atoms. The number of pyridine rings is 1. The Morgan fingerprint density at radius 1 is 1.25 bits per heavy atom. The molecule has 0 fully saturated rings. The molecule has 2 heterocycles. The average Bonchev–Trinajstić information content (AvgIpc) is 3.08. The molecule has 0 radical (unpaired) electrons. The minimum atomic E-state index is -0.989. The number of fused-ring (bicyclic) bond motifs is 3. The summed E-state index contributed by atoms with van der Waals surface area (Å²) in [7, 11) is 0. The first-order valence-corrected chi connectivity index (χ1v) is 9.33. The number of carboxylic acids is 1. The van der Waals surface area contributed by atoms with Gasteiger partial charge in [0, 0.05) is 29.0 Å². The summed E-state index contributed by atoms with van der Waals surface area (Å²) >= 11 is 0. The predicted molar refractivity (Wildman–Crippen MR) is 108 cm³/mol. The van der Waals surface area contributed by atoms with Gasteiger partial charge >= 0.3 is 5.97 Å². The molecule has 2 unspecified atom stereocenters. The van der Waals surface area contributed by atoms with Gasteiger partial charge in [0.15, 0.2) is 0 Å². The van der Waals surface area contributed by atoms with Gasteiger partial charge in [-0.2, -0.15) is 0 Å². The molecule has 0 saturated heterocycles. The minimum Gasteiger partial charge on any atom is -0.480 e. The molecule has 2 atom stereocenters. The van der Waals surface area contributed by atoms with Crippen molar-refractivity contribution in [1.82, 2.24) is 4.98 Å². The summed E-state index contributed by atoms with van der Waals surface area (Å²) in [4.78, 5) is 16.6. The molecule has 28 heavy (non-hydrogen) atoms. The maximum atomic E-state index is 13.9. The van der Waals surface area contributed by atoms with Crippen LogP contribution in [0.5, 0.6) is 0 Å². The maximum absolute atomic E-state index is 13.9. The standard InChI is InChI=1S/C22H22FN3O2/c1-11(2)12-3-5-13(6-4-12)19-18-16(10-24)21(22(27)28)26-20(18)15-9-14(23)7-8-17(15)25-19/h3-9,11,16,21,26H,10,24H2,1-2H3,(H,27,28). The summed E-state index contributed by atoms with van der Waals surface area (Å²) in [5, 5.41) is 13.3. The van der Waals surface area contributed by atoms with Gasteiger partial charge in [0.05, 0.1) is 16.9 Å². The second-order valence-electron chi connectivity index (χ2n) is 7.49. The molecule has 4 rings (SSSR count). The summed E-state index contributed by atoms with van der Waals surface area (Å²) in [5.41, 5.74) is 10.7. The first-order valence-electron chi connectivity index (χ1n) is 9.33. The van der Waals surface area contributed by atoms with Crippen LogP contribution < -0.4 is 11.1 Å². The molecule has 0 aliphatic carbocycles. The van der Waals surface area contributed by atoms with Gasteiger partial charge in [-0.15, -0.1) is 0 Å². The fourth-order valence-electron chi connectivity index (χ4n) is 3.92. The molecule has 1 aliphatic heterocycles. The number of benzene rings is 2. The molecule has 0 amide bonds. The highest BCUT2D eigenvalue weighted by Gasteiger charge is 2.39. The van der Waals surface area contributed by atoms with Gasteiger partial charge in [-0.3, -0.25) is 0 Å². The van der Waals surface area contributed by atoms with Gasteiger partial charge in [0.1, 0.15) is 11.9 Å². The summed E-state index contributed by atoms with van der Waals surface area (Å²) in [5.74, 6) is -1.43. The highest BCUT2D eigenvalue weighted by molar-refractivity contribution is 6.01. The van der Waals surface area contributed by atoms with Crippen LogP contribution in [0.3, 0.4) is 0 Å². The summed E-state index contributed by atoms with van der Waals surface area (Å²) in [6, 6.07) is 11.6. The largest absolute Gasteiger partial charge is 0.480 e. The smallest absolute Gasteiger partial charge is 0.326 e. The molecule has 0 saturated carbocycles.